The van der Waals surface area contributed by atoms with Gasteiger partial charge in [-0.1, -0.05) is 31.9 Å². The molecule has 0 aromatic heterocycles. The van der Waals surface area contributed by atoms with Crippen molar-refractivity contribution in [3.8, 4) is 0 Å². The molecule has 1 unspecified atom stereocenters. The van der Waals surface area contributed by atoms with E-state index in [9.17, 15) is 9.59 Å². The Hall–Kier alpha value is -1.32. The summed E-state index contributed by atoms with van der Waals surface area (Å²) in [6.07, 6.45) is 6.77. The van der Waals surface area contributed by atoms with E-state index in [0.717, 1.165) is 19.3 Å². The number of hydrogen-bond donors (Lipinski definition) is 2. The average Bonchev–Trinajstić information content (AvgIpc) is 2.15. The Morgan fingerprint density at radius 3 is 2.40 bits per heavy atom. The van der Waals surface area contributed by atoms with Gasteiger partial charge in [-0.25, -0.2) is 0 Å². The second kappa shape index (κ2) is 8.03. The Balaban J connectivity index is 3.90. The van der Waals surface area contributed by atoms with Crippen LogP contribution in [0.1, 0.15) is 39.0 Å². The summed E-state index contributed by atoms with van der Waals surface area (Å²) < 4.78 is 0. The lowest BCUT2D eigenvalue weighted by Crippen LogP contribution is -2.16. The summed E-state index contributed by atoms with van der Waals surface area (Å²) in [5.41, 5.74) is 0. The molecular formula is C11H18O4. The van der Waals surface area contributed by atoms with Crippen LogP contribution in [0, 0.1) is 5.92 Å². The van der Waals surface area contributed by atoms with Gasteiger partial charge in [-0.3, -0.25) is 9.59 Å². The summed E-state index contributed by atoms with van der Waals surface area (Å²) in [6.45, 7) is 2.08. The van der Waals surface area contributed by atoms with Crippen LogP contribution in [-0.2, 0) is 9.59 Å². The topological polar surface area (TPSA) is 74.6 Å². The van der Waals surface area contributed by atoms with Gasteiger partial charge in [0.2, 0.25) is 0 Å². The smallest absolute Gasteiger partial charge is 0.307 e. The molecule has 0 aliphatic heterocycles. The van der Waals surface area contributed by atoms with Crippen LogP contribution in [0.15, 0.2) is 12.2 Å². The van der Waals surface area contributed by atoms with Gasteiger partial charge in [-0.15, -0.1) is 0 Å². The second-order valence-corrected chi connectivity index (χ2v) is 3.48. The minimum atomic E-state index is -1.07. The largest absolute Gasteiger partial charge is 0.481 e. The van der Waals surface area contributed by atoms with E-state index in [1.54, 1.807) is 6.08 Å². The van der Waals surface area contributed by atoms with E-state index >= 15 is 0 Å². The zero-order chi connectivity index (χ0) is 11.7. The fourth-order valence-electron chi connectivity index (χ4n) is 1.18. The Morgan fingerprint density at radius 2 is 1.93 bits per heavy atom. The summed E-state index contributed by atoms with van der Waals surface area (Å²) >= 11 is 0. The molecule has 0 spiro atoms. The number of carboxylic acids is 2. The molecule has 4 nitrogen and oxygen atoms in total. The van der Waals surface area contributed by atoms with Crippen molar-refractivity contribution in [2.45, 2.75) is 39.0 Å². The number of hydrogen-bond acceptors (Lipinski definition) is 2. The number of unbranched alkanes of at least 4 members (excludes halogenated alkanes) is 2. The molecule has 0 amide bonds. The Bertz CT molecular complexity index is 233. The summed E-state index contributed by atoms with van der Waals surface area (Å²) in [4.78, 5) is 21.0. The number of carbonyl (C=O) groups is 2. The molecular weight excluding hydrogens is 196 g/mol. The predicted octanol–water partition coefficient (Wildman–Crippen LogP) is 2.30. The average molecular weight is 214 g/mol. The van der Waals surface area contributed by atoms with Crippen LogP contribution in [0.3, 0.4) is 0 Å². The van der Waals surface area contributed by atoms with Gasteiger partial charge in [0.1, 0.15) is 0 Å². The Kier molecular flexibility index (Phi) is 7.32. The molecule has 0 heterocycles. The number of carboxylic acid groups (broad SMARTS) is 2. The van der Waals surface area contributed by atoms with Crippen LogP contribution in [0.25, 0.3) is 0 Å². The van der Waals surface area contributed by atoms with E-state index in [4.69, 9.17) is 10.2 Å². The standard InChI is InChI=1S/C11H18O4/c1-2-3-4-5-6-7-9(11(14)15)8-10(12)13/h5-6,9H,2-4,7-8H2,1H3,(H,12,13)(H,14,15). The van der Waals surface area contributed by atoms with Crippen LogP contribution in [0.2, 0.25) is 0 Å². The monoisotopic (exact) mass is 214 g/mol. The minimum absolute atomic E-state index is 0.297. The first kappa shape index (κ1) is 13.7. The van der Waals surface area contributed by atoms with E-state index in [-0.39, 0.29) is 6.42 Å². The van der Waals surface area contributed by atoms with Crippen molar-refractivity contribution in [2.24, 2.45) is 5.92 Å². The normalized spacial score (nSPS) is 12.9. The Labute approximate surface area is 89.6 Å². The van der Waals surface area contributed by atoms with Crippen LogP contribution < -0.4 is 0 Å². The van der Waals surface area contributed by atoms with Crippen molar-refractivity contribution in [1.82, 2.24) is 0 Å². The highest BCUT2D eigenvalue weighted by Gasteiger charge is 2.18. The second-order valence-electron chi connectivity index (χ2n) is 3.48. The van der Waals surface area contributed by atoms with E-state index < -0.39 is 17.9 Å². The molecule has 0 fully saturated rings. The maximum atomic E-state index is 10.7. The zero-order valence-electron chi connectivity index (χ0n) is 8.98. The third kappa shape index (κ3) is 7.73. The minimum Gasteiger partial charge on any atom is -0.481 e. The highest BCUT2D eigenvalue weighted by atomic mass is 16.4. The van der Waals surface area contributed by atoms with Crippen LogP contribution in [0.5, 0.6) is 0 Å². The van der Waals surface area contributed by atoms with Crippen molar-refractivity contribution in [3.63, 3.8) is 0 Å². The number of rotatable bonds is 8. The molecule has 0 aliphatic carbocycles. The van der Waals surface area contributed by atoms with Gasteiger partial charge in [0.05, 0.1) is 12.3 Å². The molecule has 0 saturated heterocycles. The third-order valence-corrected chi connectivity index (χ3v) is 2.08. The molecule has 0 bridgehead atoms. The first-order chi connectivity index (χ1) is 7.07. The lowest BCUT2D eigenvalue weighted by molar-refractivity contribution is -0.148. The van der Waals surface area contributed by atoms with Gasteiger partial charge in [0.25, 0.3) is 0 Å². The molecule has 0 saturated carbocycles. The van der Waals surface area contributed by atoms with Crippen molar-refractivity contribution >= 4 is 11.9 Å². The van der Waals surface area contributed by atoms with Crippen LogP contribution >= 0.6 is 0 Å². The van der Waals surface area contributed by atoms with Crippen molar-refractivity contribution in [2.75, 3.05) is 0 Å². The van der Waals surface area contributed by atoms with E-state index in [1.807, 2.05) is 6.08 Å². The SMILES string of the molecule is CCCCC=CCC(CC(=O)O)C(=O)O. The first-order valence-electron chi connectivity index (χ1n) is 5.17. The zero-order valence-corrected chi connectivity index (χ0v) is 8.98. The highest BCUT2D eigenvalue weighted by Crippen LogP contribution is 2.10. The molecule has 86 valence electrons. The number of allylic oxidation sites excluding steroid dienone is 2. The van der Waals surface area contributed by atoms with Gasteiger partial charge >= 0.3 is 11.9 Å². The van der Waals surface area contributed by atoms with Crippen molar-refractivity contribution in [1.29, 1.82) is 0 Å². The summed E-state index contributed by atoms with van der Waals surface area (Å²) in [6, 6.07) is 0. The molecule has 0 rings (SSSR count). The van der Waals surface area contributed by atoms with Crippen molar-refractivity contribution in [3.05, 3.63) is 12.2 Å². The van der Waals surface area contributed by atoms with Crippen molar-refractivity contribution < 1.29 is 19.8 Å². The van der Waals surface area contributed by atoms with Crippen LogP contribution in [-0.4, -0.2) is 22.2 Å². The lowest BCUT2D eigenvalue weighted by Gasteiger charge is -2.05. The van der Waals surface area contributed by atoms with E-state index in [2.05, 4.69) is 6.92 Å². The number of aliphatic carboxylic acids is 2. The summed E-state index contributed by atoms with van der Waals surface area (Å²) in [5.74, 6) is -2.91. The first-order valence-corrected chi connectivity index (χ1v) is 5.17. The van der Waals surface area contributed by atoms with Gasteiger partial charge in [0.15, 0.2) is 0 Å². The third-order valence-electron chi connectivity index (χ3n) is 2.08. The van der Waals surface area contributed by atoms with Gasteiger partial charge in [-0.2, -0.15) is 0 Å². The summed E-state index contributed by atoms with van der Waals surface area (Å²) in [7, 11) is 0. The highest BCUT2D eigenvalue weighted by molar-refractivity contribution is 5.77. The lowest BCUT2D eigenvalue weighted by atomic mass is 10.0. The van der Waals surface area contributed by atoms with E-state index in [0.29, 0.717) is 6.42 Å². The molecule has 2 N–H and O–H groups in total. The van der Waals surface area contributed by atoms with E-state index in [1.165, 1.54) is 0 Å². The fraction of sp³-hybridized carbons (Fsp3) is 0.636. The van der Waals surface area contributed by atoms with Gasteiger partial charge in [0, 0.05) is 0 Å². The summed E-state index contributed by atoms with van der Waals surface area (Å²) in [5, 5.41) is 17.2. The molecule has 0 aromatic carbocycles. The quantitative estimate of drug-likeness (QED) is 0.480. The molecule has 0 radical (unpaired) electrons. The maximum absolute atomic E-state index is 10.7. The molecule has 1 atom stereocenters. The fourth-order valence-corrected chi connectivity index (χ4v) is 1.18. The molecule has 15 heavy (non-hydrogen) atoms. The van der Waals surface area contributed by atoms with Crippen LogP contribution in [0.4, 0.5) is 0 Å². The predicted molar refractivity (Wildman–Crippen MR) is 56.7 cm³/mol. The Morgan fingerprint density at radius 1 is 1.27 bits per heavy atom. The van der Waals surface area contributed by atoms with Gasteiger partial charge < -0.3 is 10.2 Å². The van der Waals surface area contributed by atoms with Gasteiger partial charge in [-0.05, 0) is 12.8 Å². The molecule has 4 heteroatoms. The maximum Gasteiger partial charge on any atom is 0.307 e. The molecule has 0 aliphatic rings. The molecule has 0 aromatic rings.